The van der Waals surface area contributed by atoms with E-state index in [1.807, 2.05) is 24.3 Å². The number of hydrogen-bond donors (Lipinski definition) is 0. The van der Waals surface area contributed by atoms with Crippen LogP contribution >= 0.6 is 0 Å². The van der Waals surface area contributed by atoms with E-state index < -0.39 is 0 Å². The molecule has 146 valence electrons. The van der Waals surface area contributed by atoms with Crippen LogP contribution in [0.1, 0.15) is 74.8 Å². The van der Waals surface area contributed by atoms with Crippen LogP contribution in [0.15, 0.2) is 60.9 Å². The monoisotopic (exact) mass is 375 g/mol. The first-order valence-electron chi connectivity index (χ1n) is 10.7. The van der Waals surface area contributed by atoms with Gasteiger partial charge in [-0.15, -0.1) is 0 Å². The standard InChI is InChI=1S/C26H30FN/c27-19-5-3-1-2-4-6-21-7-11-23(12-8-21)25-15-17-26(18-16-25)24-13-9-22(20-28)10-14-24/h5,9-10,13-19,21,23H,1-4,6-8,11-12H2/b19-5+/t21-,23-. The molecule has 0 bridgehead atoms. The zero-order valence-corrected chi connectivity index (χ0v) is 16.6. The van der Waals surface area contributed by atoms with Crippen molar-refractivity contribution in [1.29, 1.82) is 5.26 Å². The molecule has 0 radical (unpaired) electrons. The number of halogens is 1. The smallest absolute Gasteiger partial charge is 0.0991 e. The molecule has 1 aliphatic carbocycles. The second kappa shape index (κ2) is 10.8. The summed E-state index contributed by atoms with van der Waals surface area (Å²) in [6.45, 7) is 0. The van der Waals surface area contributed by atoms with Gasteiger partial charge in [0.1, 0.15) is 0 Å². The van der Waals surface area contributed by atoms with Crippen LogP contribution in [0.2, 0.25) is 0 Å². The SMILES string of the molecule is N#Cc1ccc(-c2ccc([C@H]3CC[C@H](CCCCC/C=C/F)CC3)cc2)cc1. The van der Waals surface area contributed by atoms with Crippen LogP contribution in [0.3, 0.4) is 0 Å². The van der Waals surface area contributed by atoms with E-state index in [2.05, 4.69) is 30.3 Å². The van der Waals surface area contributed by atoms with Gasteiger partial charge in [-0.2, -0.15) is 5.26 Å². The normalized spacial score (nSPS) is 19.6. The molecular weight excluding hydrogens is 345 g/mol. The van der Waals surface area contributed by atoms with Crippen molar-refractivity contribution in [1.82, 2.24) is 0 Å². The van der Waals surface area contributed by atoms with E-state index >= 15 is 0 Å². The third kappa shape index (κ3) is 5.80. The van der Waals surface area contributed by atoms with Gasteiger partial charge in [0.05, 0.1) is 18.0 Å². The summed E-state index contributed by atoms with van der Waals surface area (Å²) in [5.41, 5.74) is 4.54. The average Bonchev–Trinajstić information content (AvgIpc) is 2.77. The largest absolute Gasteiger partial charge is 0.216 e. The Morgan fingerprint density at radius 2 is 1.50 bits per heavy atom. The average molecular weight is 376 g/mol. The van der Waals surface area contributed by atoms with Crippen molar-refractivity contribution in [2.75, 3.05) is 0 Å². The molecular formula is C26H30FN. The molecule has 1 fully saturated rings. The highest BCUT2D eigenvalue weighted by atomic mass is 19.1. The molecule has 2 aromatic carbocycles. The molecule has 0 N–H and O–H groups in total. The van der Waals surface area contributed by atoms with E-state index in [0.717, 1.165) is 24.3 Å². The minimum Gasteiger partial charge on any atom is -0.216 e. The summed E-state index contributed by atoms with van der Waals surface area (Å²) in [4.78, 5) is 0. The third-order valence-corrected chi connectivity index (χ3v) is 6.15. The molecule has 0 saturated heterocycles. The minimum atomic E-state index is 0.665. The van der Waals surface area contributed by atoms with Gasteiger partial charge >= 0.3 is 0 Å². The zero-order valence-electron chi connectivity index (χ0n) is 16.6. The number of hydrogen-bond acceptors (Lipinski definition) is 1. The van der Waals surface area contributed by atoms with Gasteiger partial charge in [0, 0.05) is 0 Å². The molecule has 1 nitrogen and oxygen atoms in total. The van der Waals surface area contributed by atoms with Crippen LogP contribution in [0, 0.1) is 17.2 Å². The molecule has 0 amide bonds. The van der Waals surface area contributed by atoms with Crippen LogP contribution in [0.25, 0.3) is 11.1 Å². The summed E-state index contributed by atoms with van der Waals surface area (Å²) >= 11 is 0. The van der Waals surface area contributed by atoms with Gasteiger partial charge in [-0.3, -0.25) is 0 Å². The number of benzene rings is 2. The van der Waals surface area contributed by atoms with Gasteiger partial charge in [-0.1, -0.05) is 61.7 Å². The van der Waals surface area contributed by atoms with Crippen molar-refractivity contribution in [3.8, 4) is 17.2 Å². The van der Waals surface area contributed by atoms with E-state index in [9.17, 15) is 4.39 Å². The fraction of sp³-hybridized carbons (Fsp3) is 0.423. The highest BCUT2D eigenvalue weighted by Gasteiger charge is 2.22. The maximum atomic E-state index is 11.9. The van der Waals surface area contributed by atoms with Crippen molar-refractivity contribution in [3.05, 3.63) is 72.1 Å². The summed E-state index contributed by atoms with van der Waals surface area (Å²) in [5, 5.41) is 8.92. The Bertz CT molecular complexity index is 775. The number of nitriles is 1. The van der Waals surface area contributed by atoms with Gasteiger partial charge in [-0.05, 0) is 79.2 Å². The van der Waals surface area contributed by atoms with Crippen molar-refractivity contribution >= 4 is 0 Å². The highest BCUT2D eigenvalue weighted by molar-refractivity contribution is 5.64. The van der Waals surface area contributed by atoms with Crippen LogP contribution in [0.4, 0.5) is 4.39 Å². The van der Waals surface area contributed by atoms with Crippen LogP contribution in [-0.4, -0.2) is 0 Å². The van der Waals surface area contributed by atoms with Gasteiger partial charge in [-0.25, -0.2) is 4.39 Å². The molecule has 1 saturated carbocycles. The van der Waals surface area contributed by atoms with Crippen molar-refractivity contribution in [2.24, 2.45) is 5.92 Å². The maximum absolute atomic E-state index is 11.9. The molecule has 2 heteroatoms. The van der Waals surface area contributed by atoms with Crippen molar-refractivity contribution in [3.63, 3.8) is 0 Å². The zero-order chi connectivity index (χ0) is 19.6. The lowest BCUT2D eigenvalue weighted by molar-refractivity contribution is 0.302. The van der Waals surface area contributed by atoms with Gasteiger partial charge < -0.3 is 0 Å². The molecule has 2 aromatic rings. The lowest BCUT2D eigenvalue weighted by atomic mass is 9.77. The highest BCUT2D eigenvalue weighted by Crippen LogP contribution is 2.38. The van der Waals surface area contributed by atoms with Crippen LogP contribution in [-0.2, 0) is 0 Å². The predicted octanol–water partition coefficient (Wildman–Crippen LogP) is 7.93. The third-order valence-electron chi connectivity index (χ3n) is 6.15. The van der Waals surface area contributed by atoms with Crippen LogP contribution in [0.5, 0.6) is 0 Å². The summed E-state index contributed by atoms with van der Waals surface area (Å²) in [7, 11) is 0. The maximum Gasteiger partial charge on any atom is 0.0991 e. The van der Waals surface area contributed by atoms with Crippen molar-refractivity contribution in [2.45, 2.75) is 63.7 Å². The second-order valence-corrected chi connectivity index (χ2v) is 8.03. The first-order valence-corrected chi connectivity index (χ1v) is 10.7. The Balaban J connectivity index is 1.45. The first kappa shape index (κ1) is 20.3. The fourth-order valence-electron chi connectivity index (χ4n) is 4.40. The number of unbranched alkanes of at least 4 members (excludes halogenated alkanes) is 3. The van der Waals surface area contributed by atoms with E-state index in [0.29, 0.717) is 17.8 Å². The Hall–Kier alpha value is -2.40. The Kier molecular flexibility index (Phi) is 7.85. The number of nitrogens with zero attached hydrogens (tertiary/aromatic N) is 1. The fourth-order valence-corrected chi connectivity index (χ4v) is 4.40. The molecule has 0 unspecified atom stereocenters. The summed E-state index contributed by atoms with van der Waals surface area (Å²) < 4.78 is 11.9. The van der Waals surface area contributed by atoms with E-state index in [1.165, 1.54) is 56.1 Å². The summed E-state index contributed by atoms with van der Waals surface area (Å²) in [6, 6.07) is 19.0. The topological polar surface area (TPSA) is 23.8 Å². The molecule has 28 heavy (non-hydrogen) atoms. The van der Waals surface area contributed by atoms with Gasteiger partial charge in [0.15, 0.2) is 0 Å². The van der Waals surface area contributed by atoms with E-state index in [-0.39, 0.29) is 0 Å². The van der Waals surface area contributed by atoms with E-state index in [4.69, 9.17) is 5.26 Å². The summed E-state index contributed by atoms with van der Waals surface area (Å²) in [5.74, 6) is 1.58. The predicted molar refractivity (Wildman–Crippen MR) is 115 cm³/mol. The molecule has 0 aromatic heterocycles. The number of rotatable bonds is 8. The van der Waals surface area contributed by atoms with Gasteiger partial charge in [0.25, 0.3) is 0 Å². The molecule has 0 heterocycles. The van der Waals surface area contributed by atoms with Crippen molar-refractivity contribution < 1.29 is 4.39 Å². The molecule has 1 aliphatic rings. The molecule has 3 rings (SSSR count). The van der Waals surface area contributed by atoms with Crippen LogP contribution < -0.4 is 0 Å². The Morgan fingerprint density at radius 3 is 2.11 bits per heavy atom. The lowest BCUT2D eigenvalue weighted by Gasteiger charge is -2.29. The Morgan fingerprint density at radius 1 is 0.857 bits per heavy atom. The summed E-state index contributed by atoms with van der Waals surface area (Å²) in [6.07, 6.45) is 13.4. The second-order valence-electron chi connectivity index (χ2n) is 8.03. The Labute approximate surface area is 168 Å². The number of allylic oxidation sites excluding steroid dienone is 1. The quantitative estimate of drug-likeness (QED) is 0.430. The molecule has 0 atom stereocenters. The minimum absolute atomic E-state index is 0.665. The lowest BCUT2D eigenvalue weighted by Crippen LogP contribution is -2.13. The molecule has 0 spiro atoms. The molecule has 0 aliphatic heterocycles. The van der Waals surface area contributed by atoms with Gasteiger partial charge in [0.2, 0.25) is 0 Å². The first-order chi connectivity index (χ1) is 13.8. The van der Waals surface area contributed by atoms with E-state index in [1.54, 1.807) is 6.08 Å².